The lowest BCUT2D eigenvalue weighted by atomic mass is 9.93. The van der Waals surface area contributed by atoms with Crippen LogP contribution in [0, 0.1) is 5.92 Å². The minimum Gasteiger partial charge on any atom is -0.379 e. The Morgan fingerprint density at radius 1 is 1.26 bits per heavy atom. The van der Waals surface area contributed by atoms with Gasteiger partial charge in [-0.25, -0.2) is 9.97 Å². The zero-order chi connectivity index (χ0) is 15.6. The minimum absolute atomic E-state index is 0.393. The molecule has 2 aliphatic rings. The number of piperidine rings is 1. The van der Waals surface area contributed by atoms with Crippen LogP contribution in [0.15, 0.2) is 18.3 Å². The highest BCUT2D eigenvalue weighted by Gasteiger charge is 2.25. The van der Waals surface area contributed by atoms with Crippen molar-refractivity contribution in [3.05, 3.63) is 24.2 Å². The first-order chi connectivity index (χ1) is 11.3. The number of ether oxygens (including phenoxy) is 1. The smallest absolute Gasteiger partial charge is 0.160 e. The lowest BCUT2D eigenvalue weighted by Crippen LogP contribution is -2.32. The molecule has 0 amide bonds. The predicted octanol–water partition coefficient (Wildman–Crippen LogP) is 2.67. The van der Waals surface area contributed by atoms with E-state index in [1.807, 2.05) is 12.3 Å². The summed E-state index contributed by atoms with van der Waals surface area (Å²) in [6.07, 6.45) is 7.79. The molecule has 23 heavy (non-hydrogen) atoms. The molecule has 5 nitrogen and oxygen atoms in total. The molecule has 2 fully saturated rings. The topological polar surface area (TPSA) is 43.2 Å². The second-order valence-electron chi connectivity index (χ2n) is 7.07. The molecule has 0 spiro atoms. The van der Waals surface area contributed by atoms with Crippen molar-refractivity contribution in [1.29, 1.82) is 0 Å². The first-order valence-corrected chi connectivity index (χ1v) is 8.89. The van der Waals surface area contributed by atoms with E-state index in [4.69, 9.17) is 9.72 Å². The normalized spacial score (nSPS) is 24.3. The molecule has 0 bridgehead atoms. The van der Waals surface area contributed by atoms with Crippen LogP contribution in [0.4, 0.5) is 0 Å². The van der Waals surface area contributed by atoms with E-state index in [1.165, 1.54) is 38.2 Å². The summed E-state index contributed by atoms with van der Waals surface area (Å²) in [5.41, 5.74) is 2.06. The number of fused-ring (bicyclic) bond motifs is 1. The summed E-state index contributed by atoms with van der Waals surface area (Å²) in [4.78, 5) is 12.0. The summed E-state index contributed by atoms with van der Waals surface area (Å²) in [6, 6.07) is 4.46. The van der Waals surface area contributed by atoms with Crippen LogP contribution in [0.25, 0.3) is 11.2 Å². The van der Waals surface area contributed by atoms with Crippen molar-refractivity contribution < 1.29 is 4.74 Å². The van der Waals surface area contributed by atoms with Gasteiger partial charge >= 0.3 is 0 Å². The number of hydrogen-bond acceptors (Lipinski definition) is 4. The Hall–Kier alpha value is -1.46. The Morgan fingerprint density at radius 2 is 2.13 bits per heavy atom. The number of imidazole rings is 1. The second-order valence-corrected chi connectivity index (χ2v) is 7.07. The van der Waals surface area contributed by atoms with Gasteiger partial charge in [0.2, 0.25) is 0 Å². The van der Waals surface area contributed by atoms with Crippen LogP contribution >= 0.6 is 0 Å². The molecule has 0 saturated carbocycles. The van der Waals surface area contributed by atoms with Crippen LogP contribution in [0.1, 0.15) is 37.5 Å². The summed E-state index contributed by atoms with van der Waals surface area (Å²) >= 11 is 0. The van der Waals surface area contributed by atoms with E-state index in [-0.39, 0.29) is 0 Å². The van der Waals surface area contributed by atoms with Gasteiger partial charge in [-0.15, -0.1) is 0 Å². The minimum atomic E-state index is 0.393. The standard InChI is InChI=1S/C18H26N4O/c1-21-9-6-14(7-10-21)12-17-20-16-5-2-8-19-18(16)22(17)15-4-3-11-23-13-15/h2,5,8,14-15H,3-4,6-7,9-13H2,1H3. The summed E-state index contributed by atoms with van der Waals surface area (Å²) in [5.74, 6) is 1.95. The molecule has 1 atom stereocenters. The molecule has 124 valence electrons. The fourth-order valence-corrected chi connectivity index (χ4v) is 3.96. The fourth-order valence-electron chi connectivity index (χ4n) is 3.96. The third-order valence-electron chi connectivity index (χ3n) is 5.33. The first kappa shape index (κ1) is 15.1. The van der Waals surface area contributed by atoms with E-state index in [2.05, 4.69) is 27.6 Å². The zero-order valence-corrected chi connectivity index (χ0v) is 13.9. The van der Waals surface area contributed by atoms with Crippen LogP contribution in [0.5, 0.6) is 0 Å². The Morgan fingerprint density at radius 3 is 2.91 bits per heavy atom. The maximum Gasteiger partial charge on any atom is 0.160 e. The predicted molar refractivity (Wildman–Crippen MR) is 90.5 cm³/mol. The summed E-state index contributed by atoms with van der Waals surface area (Å²) in [7, 11) is 2.22. The SMILES string of the molecule is CN1CCC(Cc2nc3cccnc3n2C2CCCOC2)CC1. The molecule has 2 aromatic heterocycles. The van der Waals surface area contributed by atoms with Gasteiger partial charge in [0.05, 0.1) is 12.6 Å². The Kier molecular flexibility index (Phi) is 4.31. The van der Waals surface area contributed by atoms with Crippen LogP contribution in [-0.2, 0) is 11.2 Å². The first-order valence-electron chi connectivity index (χ1n) is 8.89. The van der Waals surface area contributed by atoms with Crippen molar-refractivity contribution in [1.82, 2.24) is 19.4 Å². The van der Waals surface area contributed by atoms with E-state index >= 15 is 0 Å². The van der Waals surface area contributed by atoms with Crippen LogP contribution in [0.2, 0.25) is 0 Å². The highest BCUT2D eigenvalue weighted by Crippen LogP contribution is 2.29. The molecule has 0 aliphatic carbocycles. The van der Waals surface area contributed by atoms with E-state index in [0.717, 1.165) is 43.1 Å². The summed E-state index contributed by atoms with van der Waals surface area (Å²) < 4.78 is 8.11. The van der Waals surface area contributed by atoms with Gasteiger partial charge in [0.25, 0.3) is 0 Å². The quantitative estimate of drug-likeness (QED) is 0.873. The van der Waals surface area contributed by atoms with E-state index in [9.17, 15) is 0 Å². The number of aromatic nitrogens is 3. The molecular formula is C18H26N4O. The fraction of sp³-hybridized carbons (Fsp3) is 0.667. The molecule has 2 saturated heterocycles. The van der Waals surface area contributed by atoms with Gasteiger partial charge in [-0.3, -0.25) is 0 Å². The Balaban J connectivity index is 1.64. The molecule has 2 aliphatic heterocycles. The molecule has 2 aromatic rings. The third-order valence-corrected chi connectivity index (χ3v) is 5.33. The van der Waals surface area contributed by atoms with Gasteiger partial charge in [-0.05, 0) is 63.9 Å². The average Bonchev–Trinajstić information content (AvgIpc) is 2.95. The Bertz CT molecular complexity index is 654. The van der Waals surface area contributed by atoms with Gasteiger partial charge in [0.1, 0.15) is 11.3 Å². The van der Waals surface area contributed by atoms with Crippen molar-refractivity contribution in [2.45, 2.75) is 38.1 Å². The molecule has 1 unspecified atom stereocenters. The molecule has 0 radical (unpaired) electrons. The van der Waals surface area contributed by atoms with Crippen molar-refractivity contribution in [2.75, 3.05) is 33.4 Å². The van der Waals surface area contributed by atoms with E-state index < -0.39 is 0 Å². The van der Waals surface area contributed by atoms with Gasteiger partial charge in [0.15, 0.2) is 5.65 Å². The summed E-state index contributed by atoms with van der Waals surface area (Å²) in [6.45, 7) is 4.09. The second kappa shape index (κ2) is 6.57. The van der Waals surface area contributed by atoms with Crippen molar-refractivity contribution in [2.24, 2.45) is 5.92 Å². The van der Waals surface area contributed by atoms with Gasteiger partial charge in [-0.2, -0.15) is 0 Å². The van der Waals surface area contributed by atoms with E-state index in [1.54, 1.807) is 0 Å². The largest absolute Gasteiger partial charge is 0.379 e. The number of pyridine rings is 1. The molecule has 4 rings (SSSR count). The maximum absolute atomic E-state index is 5.73. The van der Waals surface area contributed by atoms with Crippen LogP contribution in [-0.4, -0.2) is 52.8 Å². The lowest BCUT2D eigenvalue weighted by Gasteiger charge is -2.30. The molecule has 0 aromatic carbocycles. The molecule has 5 heteroatoms. The number of likely N-dealkylation sites (tertiary alicyclic amines) is 1. The Labute approximate surface area is 137 Å². The van der Waals surface area contributed by atoms with Gasteiger partial charge in [-0.1, -0.05) is 0 Å². The van der Waals surface area contributed by atoms with Crippen molar-refractivity contribution in [3.63, 3.8) is 0 Å². The third kappa shape index (κ3) is 3.12. The lowest BCUT2D eigenvalue weighted by molar-refractivity contribution is 0.0590. The van der Waals surface area contributed by atoms with Crippen LogP contribution < -0.4 is 0 Å². The van der Waals surface area contributed by atoms with Crippen molar-refractivity contribution >= 4 is 11.2 Å². The highest BCUT2D eigenvalue weighted by molar-refractivity contribution is 5.71. The van der Waals surface area contributed by atoms with Crippen molar-refractivity contribution in [3.8, 4) is 0 Å². The number of hydrogen-bond donors (Lipinski definition) is 0. The average molecular weight is 314 g/mol. The monoisotopic (exact) mass is 314 g/mol. The summed E-state index contributed by atoms with van der Waals surface area (Å²) in [5, 5.41) is 0. The maximum atomic E-state index is 5.73. The molecular weight excluding hydrogens is 288 g/mol. The molecule has 4 heterocycles. The van der Waals surface area contributed by atoms with Gasteiger partial charge < -0.3 is 14.2 Å². The number of rotatable bonds is 3. The van der Waals surface area contributed by atoms with Gasteiger partial charge in [0, 0.05) is 19.2 Å². The van der Waals surface area contributed by atoms with E-state index in [0.29, 0.717) is 6.04 Å². The zero-order valence-electron chi connectivity index (χ0n) is 13.9. The van der Waals surface area contributed by atoms with Crippen LogP contribution in [0.3, 0.4) is 0 Å². The number of nitrogens with zero attached hydrogens (tertiary/aromatic N) is 4. The highest BCUT2D eigenvalue weighted by atomic mass is 16.5. The molecule has 0 N–H and O–H groups in total.